The van der Waals surface area contributed by atoms with Crippen molar-refractivity contribution in [2.75, 3.05) is 31.9 Å². The Hall–Kier alpha value is -2.57. The Labute approximate surface area is 111 Å². The number of hydrogen-bond acceptors (Lipinski definition) is 7. The van der Waals surface area contributed by atoms with E-state index in [1.807, 2.05) is 24.3 Å². The topological polar surface area (TPSA) is 81.2 Å². The molecule has 1 heterocycles. The molecule has 1 aromatic heterocycles. The van der Waals surface area contributed by atoms with Gasteiger partial charge in [-0.1, -0.05) is 12.1 Å². The molecule has 0 radical (unpaired) electrons. The van der Waals surface area contributed by atoms with Crippen molar-refractivity contribution in [2.24, 2.45) is 0 Å². The van der Waals surface area contributed by atoms with Crippen LogP contribution in [0.2, 0.25) is 0 Å². The minimum Gasteiger partial charge on any atom is -0.495 e. The molecule has 0 saturated carbocycles. The fourth-order valence-corrected chi connectivity index (χ4v) is 1.48. The third-order valence-electron chi connectivity index (χ3n) is 2.37. The summed E-state index contributed by atoms with van der Waals surface area (Å²) < 4.78 is 10.3. The quantitative estimate of drug-likeness (QED) is 0.847. The number of benzene rings is 1. The molecule has 100 valence electrons. The Morgan fingerprint density at radius 2 is 1.68 bits per heavy atom. The van der Waals surface area contributed by atoms with Crippen LogP contribution >= 0.6 is 0 Å². The van der Waals surface area contributed by atoms with Gasteiger partial charge in [-0.15, -0.1) is 0 Å². The van der Waals surface area contributed by atoms with Crippen LogP contribution in [0.15, 0.2) is 24.3 Å². The summed E-state index contributed by atoms with van der Waals surface area (Å²) in [4.78, 5) is 12.3. The summed E-state index contributed by atoms with van der Waals surface area (Å²) >= 11 is 0. The van der Waals surface area contributed by atoms with E-state index >= 15 is 0 Å². The second kappa shape index (κ2) is 5.85. The Balaban J connectivity index is 2.32. The molecule has 0 amide bonds. The third kappa shape index (κ3) is 3.01. The number of aromatic nitrogens is 3. The molecule has 0 unspecified atom stereocenters. The van der Waals surface area contributed by atoms with Gasteiger partial charge in [-0.2, -0.15) is 15.0 Å². The maximum Gasteiger partial charge on any atom is 0.322 e. The van der Waals surface area contributed by atoms with Gasteiger partial charge in [0.05, 0.1) is 19.9 Å². The molecule has 0 bridgehead atoms. The van der Waals surface area contributed by atoms with Gasteiger partial charge in [0.25, 0.3) is 0 Å². The Kier molecular flexibility index (Phi) is 3.97. The van der Waals surface area contributed by atoms with Gasteiger partial charge in [0.15, 0.2) is 0 Å². The third-order valence-corrected chi connectivity index (χ3v) is 2.37. The molecule has 0 saturated heterocycles. The van der Waals surface area contributed by atoms with Gasteiger partial charge < -0.3 is 20.1 Å². The van der Waals surface area contributed by atoms with Crippen LogP contribution in [0.4, 0.5) is 17.6 Å². The number of anilines is 3. The van der Waals surface area contributed by atoms with E-state index in [0.717, 1.165) is 5.69 Å². The maximum absolute atomic E-state index is 5.25. The molecule has 2 rings (SSSR count). The summed E-state index contributed by atoms with van der Waals surface area (Å²) in [7, 11) is 4.83. The van der Waals surface area contributed by atoms with Crippen molar-refractivity contribution in [3.63, 3.8) is 0 Å². The van der Waals surface area contributed by atoms with E-state index in [0.29, 0.717) is 17.6 Å². The second-order valence-corrected chi connectivity index (χ2v) is 3.54. The van der Waals surface area contributed by atoms with Gasteiger partial charge in [0.2, 0.25) is 11.9 Å². The first kappa shape index (κ1) is 12.9. The van der Waals surface area contributed by atoms with E-state index in [-0.39, 0.29) is 6.01 Å². The lowest BCUT2D eigenvalue weighted by Gasteiger charge is -2.10. The van der Waals surface area contributed by atoms with Gasteiger partial charge in [-0.3, -0.25) is 0 Å². The van der Waals surface area contributed by atoms with Crippen LogP contribution in [0, 0.1) is 0 Å². The standard InChI is InChI=1S/C12H15N5O2/c1-13-10-15-11(17-12(16-10)19-3)14-8-6-4-5-7-9(8)18-2/h4-7H,1-3H3,(H2,13,14,15,16,17). The number of rotatable bonds is 5. The van der Waals surface area contributed by atoms with Crippen LogP contribution in [-0.2, 0) is 0 Å². The number of ether oxygens (including phenoxy) is 2. The lowest BCUT2D eigenvalue weighted by molar-refractivity contribution is 0.379. The number of hydrogen-bond donors (Lipinski definition) is 2. The molecule has 7 heteroatoms. The smallest absolute Gasteiger partial charge is 0.322 e. The van der Waals surface area contributed by atoms with Gasteiger partial charge in [0, 0.05) is 7.05 Å². The first-order chi connectivity index (χ1) is 9.26. The molecule has 0 aliphatic carbocycles. The first-order valence-electron chi connectivity index (χ1n) is 5.64. The summed E-state index contributed by atoms with van der Waals surface area (Å²) in [6, 6.07) is 7.73. The highest BCUT2D eigenvalue weighted by Gasteiger charge is 2.08. The van der Waals surface area contributed by atoms with Crippen molar-refractivity contribution in [3.8, 4) is 11.8 Å². The van der Waals surface area contributed by atoms with E-state index in [1.54, 1.807) is 14.2 Å². The van der Waals surface area contributed by atoms with Gasteiger partial charge >= 0.3 is 6.01 Å². The zero-order valence-electron chi connectivity index (χ0n) is 11.0. The largest absolute Gasteiger partial charge is 0.495 e. The monoisotopic (exact) mass is 261 g/mol. The molecule has 1 aromatic carbocycles. The summed E-state index contributed by atoms with van der Waals surface area (Å²) in [5, 5.41) is 5.91. The lowest BCUT2D eigenvalue weighted by atomic mass is 10.3. The van der Waals surface area contributed by atoms with Crippen molar-refractivity contribution >= 4 is 17.6 Å². The fraction of sp³-hybridized carbons (Fsp3) is 0.250. The van der Waals surface area contributed by atoms with Gasteiger partial charge in [-0.05, 0) is 12.1 Å². The summed E-state index contributed by atoms with van der Waals surface area (Å²) in [5.74, 6) is 1.50. The van der Waals surface area contributed by atoms with Crippen molar-refractivity contribution in [3.05, 3.63) is 24.3 Å². The number of nitrogens with zero attached hydrogens (tertiary/aromatic N) is 3. The van der Waals surface area contributed by atoms with Gasteiger partial charge in [0.1, 0.15) is 5.75 Å². The fourth-order valence-electron chi connectivity index (χ4n) is 1.48. The van der Waals surface area contributed by atoms with Crippen molar-refractivity contribution in [1.29, 1.82) is 0 Å². The molecule has 0 aliphatic rings. The normalized spacial score (nSPS) is 9.84. The highest BCUT2D eigenvalue weighted by molar-refractivity contribution is 5.62. The Bertz CT molecular complexity index is 539. The SMILES string of the molecule is CNc1nc(Nc2ccccc2OC)nc(OC)n1. The lowest BCUT2D eigenvalue weighted by Crippen LogP contribution is -2.06. The average molecular weight is 261 g/mol. The molecule has 19 heavy (non-hydrogen) atoms. The Morgan fingerprint density at radius 3 is 2.37 bits per heavy atom. The first-order valence-corrected chi connectivity index (χ1v) is 5.64. The predicted molar refractivity (Wildman–Crippen MR) is 72.2 cm³/mol. The van der Waals surface area contributed by atoms with E-state index in [4.69, 9.17) is 9.47 Å². The van der Waals surface area contributed by atoms with Crippen LogP contribution in [0.3, 0.4) is 0 Å². The predicted octanol–water partition coefficient (Wildman–Crippen LogP) is 1.67. The summed E-state index contributed by atoms with van der Waals surface area (Å²) in [6.07, 6.45) is 0. The summed E-state index contributed by atoms with van der Waals surface area (Å²) in [6.45, 7) is 0. The van der Waals surface area contributed by atoms with Gasteiger partial charge in [-0.25, -0.2) is 0 Å². The minimum atomic E-state index is 0.233. The van der Waals surface area contributed by atoms with E-state index in [1.165, 1.54) is 7.11 Å². The molecule has 0 aliphatic heterocycles. The molecule has 0 fully saturated rings. The molecule has 0 atom stereocenters. The van der Waals surface area contributed by atoms with Crippen LogP contribution in [0.25, 0.3) is 0 Å². The average Bonchev–Trinajstić information content (AvgIpc) is 2.47. The summed E-state index contributed by atoms with van der Waals surface area (Å²) in [5.41, 5.74) is 0.764. The van der Waals surface area contributed by atoms with E-state index in [2.05, 4.69) is 25.6 Å². The molecule has 0 spiro atoms. The number of methoxy groups -OCH3 is 2. The van der Waals surface area contributed by atoms with E-state index in [9.17, 15) is 0 Å². The molecule has 2 aromatic rings. The maximum atomic E-state index is 5.25. The van der Waals surface area contributed by atoms with Crippen LogP contribution in [0.5, 0.6) is 11.8 Å². The van der Waals surface area contributed by atoms with Crippen molar-refractivity contribution in [2.45, 2.75) is 0 Å². The van der Waals surface area contributed by atoms with Crippen LogP contribution < -0.4 is 20.1 Å². The number of para-hydroxylation sites is 2. The highest BCUT2D eigenvalue weighted by Crippen LogP contribution is 2.26. The minimum absolute atomic E-state index is 0.233. The van der Waals surface area contributed by atoms with E-state index < -0.39 is 0 Å². The number of nitrogens with one attached hydrogen (secondary N) is 2. The second-order valence-electron chi connectivity index (χ2n) is 3.54. The van der Waals surface area contributed by atoms with Crippen LogP contribution in [0.1, 0.15) is 0 Å². The van der Waals surface area contributed by atoms with Crippen molar-refractivity contribution < 1.29 is 9.47 Å². The highest BCUT2D eigenvalue weighted by atomic mass is 16.5. The molecule has 2 N–H and O–H groups in total. The molecular formula is C12H15N5O2. The molecular weight excluding hydrogens is 246 g/mol. The zero-order chi connectivity index (χ0) is 13.7. The van der Waals surface area contributed by atoms with Crippen LogP contribution in [-0.4, -0.2) is 36.2 Å². The zero-order valence-corrected chi connectivity index (χ0v) is 11.0. The Morgan fingerprint density at radius 1 is 0.947 bits per heavy atom. The van der Waals surface area contributed by atoms with Crippen molar-refractivity contribution in [1.82, 2.24) is 15.0 Å². The molecule has 7 nitrogen and oxygen atoms in total.